The summed E-state index contributed by atoms with van der Waals surface area (Å²) in [4.78, 5) is 29.4. The Hall–Kier alpha value is -2.51. The molecule has 1 aliphatic carbocycles. The first-order valence-corrected chi connectivity index (χ1v) is 12.2. The van der Waals surface area contributed by atoms with Gasteiger partial charge in [0.2, 0.25) is 5.91 Å². The van der Waals surface area contributed by atoms with Gasteiger partial charge in [-0.15, -0.1) is 11.3 Å². The van der Waals surface area contributed by atoms with E-state index in [1.54, 1.807) is 28.4 Å². The van der Waals surface area contributed by atoms with Gasteiger partial charge in [-0.25, -0.2) is 5.01 Å². The van der Waals surface area contributed by atoms with Crippen molar-refractivity contribution in [2.24, 2.45) is 11.0 Å². The normalized spacial score (nSPS) is 18.8. The molecule has 2 heterocycles. The van der Waals surface area contributed by atoms with Crippen LogP contribution in [-0.4, -0.2) is 54.2 Å². The minimum atomic E-state index is -0.161. The van der Waals surface area contributed by atoms with Crippen molar-refractivity contribution >= 4 is 28.9 Å². The standard InChI is InChI=1S/C25H31N3O3S/c1-18-9-11-19(12-10-18)22-16-21(23-8-5-15-32-23)26-28(22)24(29)17-27(13-14-31-2)25(30)20-6-3-4-7-20/h5,8-12,15,20,22H,3-4,6-7,13-14,16-17H2,1-2H3/t22-/m0/s1. The minimum Gasteiger partial charge on any atom is -0.383 e. The highest BCUT2D eigenvalue weighted by atomic mass is 32.1. The Balaban J connectivity index is 1.56. The number of nitrogens with zero attached hydrogens (tertiary/aromatic N) is 3. The Morgan fingerprint density at radius 2 is 1.94 bits per heavy atom. The van der Waals surface area contributed by atoms with Crippen molar-refractivity contribution in [3.8, 4) is 0 Å². The molecule has 0 saturated heterocycles. The maximum atomic E-state index is 13.5. The number of benzene rings is 1. The second kappa shape index (κ2) is 10.4. The number of hydrazone groups is 1. The van der Waals surface area contributed by atoms with Gasteiger partial charge < -0.3 is 9.64 Å². The molecule has 170 valence electrons. The van der Waals surface area contributed by atoms with Crippen LogP contribution in [0.5, 0.6) is 0 Å². The van der Waals surface area contributed by atoms with E-state index in [0.29, 0.717) is 19.6 Å². The third-order valence-corrected chi connectivity index (χ3v) is 7.26. The topological polar surface area (TPSA) is 62.2 Å². The summed E-state index contributed by atoms with van der Waals surface area (Å²) in [6.07, 6.45) is 4.65. The van der Waals surface area contributed by atoms with Crippen LogP contribution < -0.4 is 0 Å². The minimum absolute atomic E-state index is 0.0244. The predicted molar refractivity (Wildman–Crippen MR) is 127 cm³/mol. The average Bonchev–Trinajstić information content (AvgIpc) is 3.57. The number of thiophene rings is 1. The molecule has 1 aromatic heterocycles. The Kier molecular flexibility index (Phi) is 7.37. The second-order valence-corrected chi connectivity index (χ2v) is 9.57. The molecule has 0 radical (unpaired) electrons. The molecule has 0 bridgehead atoms. The molecule has 1 aliphatic heterocycles. The van der Waals surface area contributed by atoms with E-state index >= 15 is 0 Å². The van der Waals surface area contributed by atoms with Crippen LogP contribution in [0.3, 0.4) is 0 Å². The van der Waals surface area contributed by atoms with E-state index in [1.165, 1.54) is 5.56 Å². The molecule has 0 unspecified atom stereocenters. The lowest BCUT2D eigenvalue weighted by Gasteiger charge is -2.28. The van der Waals surface area contributed by atoms with E-state index in [-0.39, 0.29) is 30.3 Å². The molecule has 4 rings (SSSR count). The van der Waals surface area contributed by atoms with E-state index in [1.807, 2.05) is 17.5 Å². The van der Waals surface area contributed by atoms with Crippen molar-refractivity contribution in [2.75, 3.05) is 26.8 Å². The SMILES string of the molecule is COCCN(CC(=O)N1N=C(c2cccs2)C[C@H]1c1ccc(C)cc1)C(=O)C1CCCC1. The molecule has 2 aliphatic rings. The molecule has 1 fully saturated rings. The number of amides is 2. The Morgan fingerprint density at radius 3 is 2.59 bits per heavy atom. The van der Waals surface area contributed by atoms with E-state index in [4.69, 9.17) is 9.84 Å². The van der Waals surface area contributed by atoms with Crippen LogP contribution in [0.4, 0.5) is 0 Å². The lowest BCUT2D eigenvalue weighted by atomic mass is 10.00. The van der Waals surface area contributed by atoms with Gasteiger partial charge in [-0.3, -0.25) is 9.59 Å². The van der Waals surface area contributed by atoms with E-state index < -0.39 is 0 Å². The molecule has 0 N–H and O–H groups in total. The fourth-order valence-corrected chi connectivity index (χ4v) is 5.24. The van der Waals surface area contributed by atoms with Gasteiger partial charge in [0.1, 0.15) is 6.54 Å². The van der Waals surface area contributed by atoms with Gasteiger partial charge in [-0.05, 0) is 36.8 Å². The van der Waals surface area contributed by atoms with Gasteiger partial charge in [0.15, 0.2) is 0 Å². The number of aryl methyl sites for hydroxylation is 1. The van der Waals surface area contributed by atoms with Crippen molar-refractivity contribution in [1.82, 2.24) is 9.91 Å². The highest BCUT2D eigenvalue weighted by Gasteiger charge is 2.35. The summed E-state index contributed by atoms with van der Waals surface area (Å²) in [5.41, 5.74) is 3.16. The van der Waals surface area contributed by atoms with Crippen LogP contribution in [0, 0.1) is 12.8 Å². The zero-order valence-electron chi connectivity index (χ0n) is 18.8. The number of ether oxygens (including phenoxy) is 1. The zero-order valence-corrected chi connectivity index (χ0v) is 19.6. The van der Waals surface area contributed by atoms with Crippen molar-refractivity contribution in [2.45, 2.75) is 45.1 Å². The monoisotopic (exact) mass is 453 g/mol. The molecule has 2 aromatic rings. The molecular weight excluding hydrogens is 422 g/mol. The smallest absolute Gasteiger partial charge is 0.262 e. The Bertz CT molecular complexity index is 949. The molecule has 1 saturated carbocycles. The summed E-state index contributed by atoms with van der Waals surface area (Å²) in [5.74, 6) is -0.0534. The summed E-state index contributed by atoms with van der Waals surface area (Å²) >= 11 is 1.63. The van der Waals surface area contributed by atoms with E-state index in [9.17, 15) is 9.59 Å². The quantitative estimate of drug-likeness (QED) is 0.595. The van der Waals surface area contributed by atoms with Gasteiger partial charge in [0, 0.05) is 26.0 Å². The highest BCUT2D eigenvalue weighted by Crippen LogP contribution is 2.34. The first kappa shape index (κ1) is 22.7. The second-order valence-electron chi connectivity index (χ2n) is 8.63. The largest absolute Gasteiger partial charge is 0.383 e. The van der Waals surface area contributed by atoms with Crippen molar-refractivity contribution in [1.29, 1.82) is 0 Å². The number of carbonyl (C=O) groups excluding carboxylic acids is 2. The number of methoxy groups -OCH3 is 1. The molecule has 1 atom stereocenters. The summed E-state index contributed by atoms with van der Waals surface area (Å²) in [6, 6.07) is 12.1. The van der Waals surface area contributed by atoms with Crippen molar-refractivity contribution in [3.63, 3.8) is 0 Å². The van der Waals surface area contributed by atoms with Crippen molar-refractivity contribution < 1.29 is 14.3 Å². The van der Waals surface area contributed by atoms with Crippen molar-refractivity contribution in [3.05, 3.63) is 57.8 Å². The van der Waals surface area contributed by atoms with Crippen LogP contribution in [0.2, 0.25) is 0 Å². The van der Waals surface area contributed by atoms with Gasteiger partial charge >= 0.3 is 0 Å². The van der Waals surface area contributed by atoms with Gasteiger partial charge in [0.05, 0.1) is 23.2 Å². The Labute approximate surface area is 193 Å². The molecule has 32 heavy (non-hydrogen) atoms. The first-order chi connectivity index (χ1) is 15.6. The summed E-state index contributed by atoms with van der Waals surface area (Å²) < 4.78 is 5.21. The van der Waals surface area contributed by atoms with Crippen LogP contribution in [0.15, 0.2) is 46.9 Å². The maximum absolute atomic E-state index is 13.5. The van der Waals surface area contributed by atoms with Crippen LogP contribution >= 0.6 is 11.3 Å². The van der Waals surface area contributed by atoms with E-state index in [2.05, 4.69) is 31.2 Å². The highest BCUT2D eigenvalue weighted by molar-refractivity contribution is 7.12. The molecule has 1 aromatic carbocycles. The summed E-state index contributed by atoms with van der Waals surface area (Å²) in [6.45, 7) is 2.92. The maximum Gasteiger partial charge on any atom is 0.262 e. The first-order valence-electron chi connectivity index (χ1n) is 11.3. The summed E-state index contributed by atoms with van der Waals surface area (Å²) in [5, 5.41) is 8.36. The molecular formula is C25H31N3O3S. The fraction of sp³-hybridized carbons (Fsp3) is 0.480. The lowest BCUT2D eigenvalue weighted by molar-refractivity contribution is -0.144. The lowest BCUT2D eigenvalue weighted by Crippen LogP contribution is -2.44. The number of hydrogen-bond donors (Lipinski definition) is 0. The number of hydrogen-bond acceptors (Lipinski definition) is 5. The van der Waals surface area contributed by atoms with Crippen LogP contribution in [0.1, 0.15) is 54.1 Å². The number of rotatable bonds is 8. The van der Waals surface area contributed by atoms with E-state index in [0.717, 1.165) is 41.8 Å². The molecule has 2 amide bonds. The molecule has 6 nitrogen and oxygen atoms in total. The van der Waals surface area contributed by atoms with Crippen LogP contribution in [0.25, 0.3) is 0 Å². The Morgan fingerprint density at radius 1 is 1.19 bits per heavy atom. The van der Waals surface area contributed by atoms with Gasteiger partial charge in [-0.2, -0.15) is 5.10 Å². The third kappa shape index (κ3) is 5.10. The molecule has 0 spiro atoms. The zero-order chi connectivity index (χ0) is 22.5. The summed E-state index contributed by atoms with van der Waals surface area (Å²) in [7, 11) is 1.62. The average molecular weight is 454 g/mol. The third-order valence-electron chi connectivity index (χ3n) is 6.34. The number of carbonyl (C=O) groups is 2. The van der Waals surface area contributed by atoms with Gasteiger partial charge in [-0.1, -0.05) is 48.7 Å². The molecule has 7 heteroatoms. The fourth-order valence-electron chi connectivity index (χ4n) is 4.52. The predicted octanol–water partition coefficient (Wildman–Crippen LogP) is 4.40. The van der Waals surface area contributed by atoms with Gasteiger partial charge in [0.25, 0.3) is 5.91 Å². The van der Waals surface area contributed by atoms with Crippen LogP contribution in [-0.2, 0) is 14.3 Å².